The second-order valence-corrected chi connectivity index (χ2v) is 7.02. The molecule has 2 aromatic rings. The van der Waals surface area contributed by atoms with Crippen LogP contribution in [0.2, 0.25) is 10.0 Å². The highest BCUT2D eigenvalue weighted by molar-refractivity contribution is 6.35. The van der Waals surface area contributed by atoms with Crippen molar-refractivity contribution in [3.63, 3.8) is 0 Å². The summed E-state index contributed by atoms with van der Waals surface area (Å²) in [5.74, 6) is -0.386. The van der Waals surface area contributed by atoms with E-state index >= 15 is 0 Å². The van der Waals surface area contributed by atoms with Crippen LogP contribution < -0.4 is 5.73 Å². The number of esters is 1. The number of carbonyl (C=O) groups is 1. The number of ether oxygens (including phenoxy) is 1. The van der Waals surface area contributed by atoms with Gasteiger partial charge in [0.2, 0.25) is 0 Å². The molecule has 0 aromatic heterocycles. The van der Waals surface area contributed by atoms with Crippen LogP contribution in [0.25, 0.3) is 11.1 Å². The first kappa shape index (κ1) is 22.8. The second kappa shape index (κ2) is 10.8. The van der Waals surface area contributed by atoms with E-state index in [0.717, 1.165) is 16.7 Å². The molecule has 2 aromatic carbocycles. The predicted octanol–water partition coefficient (Wildman–Crippen LogP) is 5.54. The van der Waals surface area contributed by atoms with Crippen LogP contribution in [0.5, 0.6) is 0 Å². The van der Waals surface area contributed by atoms with E-state index in [1.165, 1.54) is 0 Å². The third kappa shape index (κ3) is 6.48. The maximum atomic E-state index is 11.7. The minimum absolute atomic E-state index is 0. The molecule has 0 bridgehead atoms. The predicted molar refractivity (Wildman–Crippen MR) is 111 cm³/mol. The number of benzene rings is 2. The fourth-order valence-corrected chi connectivity index (χ4v) is 3.16. The van der Waals surface area contributed by atoms with Crippen molar-refractivity contribution in [2.45, 2.75) is 32.7 Å². The third-order valence-electron chi connectivity index (χ3n) is 4.04. The van der Waals surface area contributed by atoms with Crippen LogP contribution in [-0.4, -0.2) is 18.6 Å². The topological polar surface area (TPSA) is 52.3 Å². The van der Waals surface area contributed by atoms with Crippen LogP contribution in [0.15, 0.2) is 42.5 Å². The molecule has 0 spiro atoms. The smallest absolute Gasteiger partial charge is 0.308 e. The van der Waals surface area contributed by atoms with Crippen molar-refractivity contribution in [2.75, 3.05) is 6.61 Å². The zero-order valence-corrected chi connectivity index (χ0v) is 17.2. The first-order valence-corrected chi connectivity index (χ1v) is 9.12. The molecule has 0 aliphatic rings. The summed E-state index contributed by atoms with van der Waals surface area (Å²) in [6.45, 7) is 4.05. The Morgan fingerprint density at radius 1 is 1.15 bits per heavy atom. The lowest BCUT2D eigenvalue weighted by molar-refractivity contribution is -0.147. The summed E-state index contributed by atoms with van der Waals surface area (Å²) in [6, 6.07) is 13.4. The Labute approximate surface area is 171 Å². The standard InChI is InChI=1S/C20H23Cl2NO2.ClH/c1-3-25-20(24)13(2)10-17(23)11-14-4-6-15(7-5-14)18-12-16(21)8-9-19(18)22;/h4-9,12-13,17H,3,10-11,23H2,1-2H3;1H/t13?,17-;/m0./s1. The van der Waals surface area contributed by atoms with E-state index in [-0.39, 0.29) is 30.3 Å². The van der Waals surface area contributed by atoms with Crippen molar-refractivity contribution in [3.8, 4) is 11.1 Å². The first-order valence-electron chi connectivity index (χ1n) is 8.37. The Hall–Kier alpha value is -1.26. The molecule has 2 N–H and O–H groups in total. The number of nitrogens with two attached hydrogens (primary N) is 1. The van der Waals surface area contributed by atoms with Crippen molar-refractivity contribution in [1.29, 1.82) is 0 Å². The second-order valence-electron chi connectivity index (χ2n) is 6.17. The van der Waals surface area contributed by atoms with Crippen molar-refractivity contribution < 1.29 is 9.53 Å². The molecule has 142 valence electrons. The molecule has 0 radical (unpaired) electrons. The molecule has 0 aliphatic carbocycles. The van der Waals surface area contributed by atoms with Crippen LogP contribution in [0.3, 0.4) is 0 Å². The molecule has 3 nitrogen and oxygen atoms in total. The lowest BCUT2D eigenvalue weighted by Gasteiger charge is -2.16. The minimum Gasteiger partial charge on any atom is -0.466 e. The van der Waals surface area contributed by atoms with Gasteiger partial charge in [0.05, 0.1) is 12.5 Å². The van der Waals surface area contributed by atoms with Gasteiger partial charge in [-0.05, 0) is 49.1 Å². The van der Waals surface area contributed by atoms with E-state index in [1.54, 1.807) is 19.1 Å². The van der Waals surface area contributed by atoms with Crippen LogP contribution in [0.1, 0.15) is 25.8 Å². The summed E-state index contributed by atoms with van der Waals surface area (Å²) in [6.07, 6.45) is 1.30. The van der Waals surface area contributed by atoms with Gasteiger partial charge in [0.25, 0.3) is 0 Å². The highest BCUT2D eigenvalue weighted by Gasteiger charge is 2.18. The molecule has 0 saturated carbocycles. The highest BCUT2D eigenvalue weighted by Crippen LogP contribution is 2.30. The average molecular weight is 417 g/mol. The number of carbonyl (C=O) groups excluding carboxylic acids is 1. The van der Waals surface area contributed by atoms with E-state index < -0.39 is 0 Å². The zero-order chi connectivity index (χ0) is 18.4. The van der Waals surface area contributed by atoms with Crippen molar-refractivity contribution >= 4 is 41.6 Å². The molecule has 6 heteroatoms. The van der Waals surface area contributed by atoms with Crippen LogP contribution in [-0.2, 0) is 16.0 Å². The Balaban J connectivity index is 0.00000338. The Morgan fingerprint density at radius 3 is 2.42 bits per heavy atom. The van der Waals surface area contributed by atoms with Gasteiger partial charge in [-0.1, -0.05) is 54.4 Å². The molecular formula is C20H24Cl3NO2. The van der Waals surface area contributed by atoms with Gasteiger partial charge < -0.3 is 10.5 Å². The summed E-state index contributed by atoms with van der Waals surface area (Å²) in [5, 5.41) is 1.32. The van der Waals surface area contributed by atoms with Gasteiger partial charge in [0.15, 0.2) is 0 Å². The van der Waals surface area contributed by atoms with Gasteiger partial charge in [0.1, 0.15) is 0 Å². The quantitative estimate of drug-likeness (QED) is 0.603. The molecular weight excluding hydrogens is 393 g/mol. The molecule has 1 unspecified atom stereocenters. The summed E-state index contributed by atoms with van der Waals surface area (Å²) in [5.41, 5.74) is 9.21. The van der Waals surface area contributed by atoms with Gasteiger partial charge in [-0.3, -0.25) is 4.79 Å². The molecule has 0 heterocycles. The van der Waals surface area contributed by atoms with Gasteiger partial charge in [-0.25, -0.2) is 0 Å². The number of hydrogen-bond donors (Lipinski definition) is 1. The lowest BCUT2D eigenvalue weighted by Crippen LogP contribution is -2.29. The first-order chi connectivity index (χ1) is 11.9. The molecule has 2 atom stereocenters. The largest absolute Gasteiger partial charge is 0.466 e. The monoisotopic (exact) mass is 415 g/mol. The van der Waals surface area contributed by atoms with Gasteiger partial charge in [-0.2, -0.15) is 0 Å². The highest BCUT2D eigenvalue weighted by atomic mass is 35.5. The van der Waals surface area contributed by atoms with Crippen LogP contribution in [0.4, 0.5) is 0 Å². The molecule has 0 amide bonds. The number of halogens is 3. The summed E-state index contributed by atoms with van der Waals surface area (Å²) >= 11 is 12.3. The fourth-order valence-electron chi connectivity index (χ4n) is 2.76. The Bertz CT molecular complexity index is 719. The van der Waals surface area contributed by atoms with Crippen LogP contribution >= 0.6 is 35.6 Å². The summed E-state index contributed by atoms with van der Waals surface area (Å²) in [7, 11) is 0. The van der Waals surface area contributed by atoms with E-state index in [9.17, 15) is 4.79 Å². The van der Waals surface area contributed by atoms with Crippen molar-refractivity contribution in [1.82, 2.24) is 0 Å². The molecule has 0 fully saturated rings. The van der Waals surface area contributed by atoms with E-state index in [1.807, 2.05) is 37.3 Å². The summed E-state index contributed by atoms with van der Waals surface area (Å²) in [4.78, 5) is 11.7. The number of rotatable bonds is 7. The zero-order valence-electron chi connectivity index (χ0n) is 14.9. The normalized spacial score (nSPS) is 12.8. The van der Waals surface area contributed by atoms with Crippen molar-refractivity contribution in [2.24, 2.45) is 11.7 Å². The van der Waals surface area contributed by atoms with E-state index in [0.29, 0.717) is 29.5 Å². The minimum atomic E-state index is -0.195. The van der Waals surface area contributed by atoms with Crippen molar-refractivity contribution in [3.05, 3.63) is 58.1 Å². The Morgan fingerprint density at radius 2 is 1.81 bits per heavy atom. The summed E-state index contributed by atoms with van der Waals surface area (Å²) < 4.78 is 5.02. The van der Waals surface area contributed by atoms with Crippen LogP contribution in [0, 0.1) is 5.92 Å². The SMILES string of the molecule is CCOC(=O)C(C)C[C@H](N)Cc1ccc(-c2cc(Cl)ccc2Cl)cc1.Cl. The maximum absolute atomic E-state index is 11.7. The third-order valence-corrected chi connectivity index (χ3v) is 4.60. The van der Waals surface area contributed by atoms with Gasteiger partial charge in [0, 0.05) is 21.7 Å². The average Bonchev–Trinajstić information content (AvgIpc) is 2.58. The Kier molecular flexibility index (Phi) is 9.45. The molecule has 0 aliphatic heterocycles. The van der Waals surface area contributed by atoms with Gasteiger partial charge >= 0.3 is 5.97 Å². The lowest BCUT2D eigenvalue weighted by atomic mass is 9.95. The van der Waals surface area contributed by atoms with Gasteiger partial charge in [-0.15, -0.1) is 12.4 Å². The molecule has 26 heavy (non-hydrogen) atoms. The molecule has 0 saturated heterocycles. The maximum Gasteiger partial charge on any atom is 0.308 e. The molecule has 2 rings (SSSR count). The number of hydrogen-bond acceptors (Lipinski definition) is 3. The fraction of sp³-hybridized carbons (Fsp3) is 0.350. The van der Waals surface area contributed by atoms with E-state index in [2.05, 4.69) is 0 Å². The van der Waals surface area contributed by atoms with E-state index in [4.69, 9.17) is 33.7 Å².